The molecule has 1 atom stereocenters. The second-order valence-corrected chi connectivity index (χ2v) is 5.35. The van der Waals surface area contributed by atoms with Crippen molar-refractivity contribution in [2.75, 3.05) is 0 Å². The molecule has 1 fully saturated rings. The lowest BCUT2D eigenvalue weighted by atomic mass is 9.80. The molecule has 1 aliphatic carbocycles. The predicted molar refractivity (Wildman–Crippen MR) is 75.2 cm³/mol. The van der Waals surface area contributed by atoms with E-state index in [1.165, 1.54) is 24.8 Å². The summed E-state index contributed by atoms with van der Waals surface area (Å²) in [5.74, 6) is 2.29. The summed E-state index contributed by atoms with van der Waals surface area (Å²) in [4.78, 5) is 0. The fourth-order valence-electron chi connectivity index (χ4n) is 2.59. The van der Waals surface area contributed by atoms with E-state index in [1.54, 1.807) is 0 Å². The van der Waals surface area contributed by atoms with Crippen molar-refractivity contribution in [1.29, 1.82) is 0 Å². The van der Waals surface area contributed by atoms with Crippen LogP contribution in [0.25, 0.3) is 0 Å². The minimum Gasteiger partial charge on any atom is -0.463 e. The molecule has 2 nitrogen and oxygen atoms in total. The van der Waals surface area contributed by atoms with Gasteiger partial charge in [-0.3, -0.25) is 0 Å². The lowest BCUT2D eigenvalue weighted by Crippen LogP contribution is -2.08. The molecule has 1 aromatic heterocycles. The number of benzene rings is 1. The van der Waals surface area contributed by atoms with Crippen molar-refractivity contribution in [1.82, 2.24) is 0 Å². The highest BCUT2D eigenvalue weighted by Gasteiger charge is 2.20. The molecule has 0 aliphatic heterocycles. The van der Waals surface area contributed by atoms with Gasteiger partial charge in [-0.15, -0.1) is 0 Å². The third-order valence-electron chi connectivity index (χ3n) is 4.13. The molecule has 1 aliphatic rings. The van der Waals surface area contributed by atoms with Crippen LogP contribution in [0.5, 0.6) is 0 Å². The highest BCUT2D eigenvalue weighted by molar-refractivity contribution is 5.31. The standard InChI is InChI=1S/C17H20O2/c1-2-15-10-11-16(19-15)17(18)14-8-6-13(7-9-14)12-4-3-5-12/h6-12,17-18H,2-5H2,1H3. The molecule has 1 heterocycles. The molecule has 2 heteroatoms. The lowest BCUT2D eigenvalue weighted by molar-refractivity contribution is 0.187. The SMILES string of the molecule is CCc1ccc(C(O)c2ccc(C3CCC3)cc2)o1. The first-order chi connectivity index (χ1) is 9.28. The van der Waals surface area contributed by atoms with E-state index >= 15 is 0 Å². The molecule has 19 heavy (non-hydrogen) atoms. The first kappa shape index (κ1) is 12.5. The minimum atomic E-state index is -0.657. The number of rotatable bonds is 4. The number of aliphatic hydroxyl groups excluding tert-OH is 1. The summed E-state index contributed by atoms with van der Waals surface area (Å²) in [5.41, 5.74) is 2.30. The molecule has 2 aromatic rings. The summed E-state index contributed by atoms with van der Waals surface area (Å²) in [5, 5.41) is 10.3. The largest absolute Gasteiger partial charge is 0.463 e. The van der Waals surface area contributed by atoms with Crippen LogP contribution in [0.1, 0.15) is 60.9 Å². The normalized spacial score (nSPS) is 17.2. The van der Waals surface area contributed by atoms with E-state index in [-0.39, 0.29) is 0 Å². The zero-order valence-electron chi connectivity index (χ0n) is 11.3. The fourth-order valence-corrected chi connectivity index (χ4v) is 2.59. The zero-order valence-corrected chi connectivity index (χ0v) is 11.3. The topological polar surface area (TPSA) is 33.4 Å². The van der Waals surface area contributed by atoms with Gasteiger partial charge in [0.25, 0.3) is 0 Å². The van der Waals surface area contributed by atoms with Gasteiger partial charge in [0.05, 0.1) is 0 Å². The van der Waals surface area contributed by atoms with Gasteiger partial charge in [0.1, 0.15) is 17.6 Å². The summed E-state index contributed by atoms with van der Waals surface area (Å²) in [6, 6.07) is 12.1. The molecular weight excluding hydrogens is 236 g/mol. The molecule has 1 aromatic carbocycles. The molecule has 3 rings (SSSR count). The maximum atomic E-state index is 10.3. The second-order valence-electron chi connectivity index (χ2n) is 5.35. The third-order valence-corrected chi connectivity index (χ3v) is 4.13. The van der Waals surface area contributed by atoms with Crippen LogP contribution in [-0.4, -0.2) is 5.11 Å². The van der Waals surface area contributed by atoms with Crippen molar-refractivity contribution in [3.05, 3.63) is 59.0 Å². The van der Waals surface area contributed by atoms with Crippen LogP contribution in [0.15, 0.2) is 40.8 Å². The first-order valence-electron chi connectivity index (χ1n) is 7.14. The number of hydrogen-bond donors (Lipinski definition) is 1. The van der Waals surface area contributed by atoms with Crippen molar-refractivity contribution >= 4 is 0 Å². The maximum Gasteiger partial charge on any atom is 0.137 e. The molecule has 0 spiro atoms. The average molecular weight is 256 g/mol. The van der Waals surface area contributed by atoms with E-state index in [0.717, 1.165) is 23.7 Å². The Balaban J connectivity index is 1.77. The number of aliphatic hydroxyl groups is 1. The summed E-state index contributed by atoms with van der Waals surface area (Å²) in [6.07, 6.45) is 4.16. The minimum absolute atomic E-state index is 0.633. The van der Waals surface area contributed by atoms with Crippen LogP contribution in [0.4, 0.5) is 0 Å². The molecule has 0 saturated heterocycles. The van der Waals surface area contributed by atoms with Crippen molar-refractivity contribution in [3.8, 4) is 0 Å². The van der Waals surface area contributed by atoms with Gasteiger partial charge in [-0.25, -0.2) is 0 Å². The van der Waals surface area contributed by atoms with Gasteiger partial charge in [-0.2, -0.15) is 0 Å². The van der Waals surface area contributed by atoms with E-state index in [9.17, 15) is 5.11 Å². The maximum absolute atomic E-state index is 10.3. The first-order valence-corrected chi connectivity index (χ1v) is 7.14. The molecule has 1 saturated carbocycles. The van der Waals surface area contributed by atoms with Gasteiger partial charge >= 0.3 is 0 Å². The molecule has 0 radical (unpaired) electrons. The summed E-state index contributed by atoms with van der Waals surface area (Å²) >= 11 is 0. The zero-order chi connectivity index (χ0) is 13.2. The number of aryl methyl sites for hydroxylation is 1. The van der Waals surface area contributed by atoms with Gasteiger partial charge in [-0.05, 0) is 42.0 Å². The van der Waals surface area contributed by atoms with Gasteiger partial charge in [-0.1, -0.05) is 37.6 Å². The lowest BCUT2D eigenvalue weighted by Gasteiger charge is -2.26. The average Bonchev–Trinajstić information content (AvgIpc) is 2.85. The molecule has 1 unspecified atom stereocenters. The molecular formula is C17H20O2. The van der Waals surface area contributed by atoms with E-state index in [4.69, 9.17) is 4.42 Å². The Morgan fingerprint density at radius 3 is 2.42 bits per heavy atom. The van der Waals surface area contributed by atoms with Crippen molar-refractivity contribution in [2.45, 2.75) is 44.6 Å². The summed E-state index contributed by atoms with van der Waals surface area (Å²) in [7, 11) is 0. The second kappa shape index (κ2) is 5.22. The monoisotopic (exact) mass is 256 g/mol. The Hall–Kier alpha value is -1.54. The molecule has 0 bridgehead atoms. The van der Waals surface area contributed by atoms with E-state index in [0.29, 0.717) is 5.76 Å². The molecule has 0 amide bonds. The Bertz CT molecular complexity index is 535. The van der Waals surface area contributed by atoms with Crippen LogP contribution in [0.2, 0.25) is 0 Å². The van der Waals surface area contributed by atoms with E-state index in [1.807, 2.05) is 31.2 Å². The summed E-state index contributed by atoms with van der Waals surface area (Å²) in [6.45, 7) is 2.04. The van der Waals surface area contributed by atoms with Crippen molar-refractivity contribution < 1.29 is 9.52 Å². The smallest absolute Gasteiger partial charge is 0.137 e. The highest BCUT2D eigenvalue weighted by atomic mass is 16.4. The fraction of sp³-hybridized carbons (Fsp3) is 0.412. The molecule has 1 N–H and O–H groups in total. The Morgan fingerprint density at radius 1 is 1.16 bits per heavy atom. The quantitative estimate of drug-likeness (QED) is 0.889. The van der Waals surface area contributed by atoms with E-state index < -0.39 is 6.10 Å². The Labute approximate surface area is 114 Å². The van der Waals surface area contributed by atoms with Crippen LogP contribution >= 0.6 is 0 Å². The number of furan rings is 1. The van der Waals surface area contributed by atoms with Crippen LogP contribution in [0.3, 0.4) is 0 Å². The van der Waals surface area contributed by atoms with Crippen LogP contribution < -0.4 is 0 Å². The van der Waals surface area contributed by atoms with Crippen molar-refractivity contribution in [2.24, 2.45) is 0 Å². The van der Waals surface area contributed by atoms with Gasteiger partial charge in [0, 0.05) is 6.42 Å². The predicted octanol–water partition coefficient (Wildman–Crippen LogP) is 4.19. The summed E-state index contributed by atoms with van der Waals surface area (Å²) < 4.78 is 5.61. The van der Waals surface area contributed by atoms with Gasteiger partial charge < -0.3 is 9.52 Å². The van der Waals surface area contributed by atoms with Gasteiger partial charge in [0.15, 0.2) is 0 Å². The van der Waals surface area contributed by atoms with Crippen molar-refractivity contribution in [3.63, 3.8) is 0 Å². The molecule has 100 valence electrons. The highest BCUT2D eigenvalue weighted by Crippen LogP contribution is 2.36. The van der Waals surface area contributed by atoms with Crippen LogP contribution in [0, 0.1) is 0 Å². The number of hydrogen-bond acceptors (Lipinski definition) is 2. The van der Waals surface area contributed by atoms with E-state index in [2.05, 4.69) is 12.1 Å². The van der Waals surface area contributed by atoms with Crippen LogP contribution in [-0.2, 0) is 6.42 Å². The van der Waals surface area contributed by atoms with Gasteiger partial charge in [0.2, 0.25) is 0 Å². The third kappa shape index (κ3) is 2.45. The Kier molecular flexibility index (Phi) is 3.43. The Morgan fingerprint density at radius 2 is 1.89 bits per heavy atom.